The fourth-order valence-corrected chi connectivity index (χ4v) is 1.68. The van der Waals surface area contributed by atoms with E-state index in [1.165, 1.54) is 11.1 Å². The Hall–Kier alpha value is -1.71. The van der Waals surface area contributed by atoms with Crippen molar-refractivity contribution in [1.29, 1.82) is 0 Å². The van der Waals surface area contributed by atoms with Gasteiger partial charge in [-0.1, -0.05) is 36.4 Å². The molecule has 0 saturated carbocycles. The van der Waals surface area contributed by atoms with E-state index in [0.29, 0.717) is 0 Å². The molecule has 1 N–H and O–H groups in total. The highest BCUT2D eigenvalue weighted by Crippen LogP contribution is 2.08. The molecule has 16 heavy (non-hydrogen) atoms. The van der Waals surface area contributed by atoms with Gasteiger partial charge in [0.25, 0.3) is 0 Å². The summed E-state index contributed by atoms with van der Waals surface area (Å²) in [6.45, 7) is 2.17. The van der Waals surface area contributed by atoms with Crippen LogP contribution in [0.4, 0.5) is 0 Å². The average molecular weight is 216 g/mol. The standard InChI is InChI=1S/C12H16N4/c1-2-10-6-8-11(9-7-10)4-3-5-12-13-15-16-14-12/h6-9H,2-5H2,1H3,(H,13,14,15,16). The monoisotopic (exact) mass is 216 g/mol. The molecular weight excluding hydrogens is 200 g/mol. The minimum atomic E-state index is 0.796. The zero-order valence-corrected chi connectivity index (χ0v) is 9.48. The van der Waals surface area contributed by atoms with Gasteiger partial charge in [-0.15, -0.1) is 10.2 Å². The number of aryl methyl sites for hydroxylation is 3. The van der Waals surface area contributed by atoms with Crippen molar-refractivity contribution in [2.24, 2.45) is 0 Å². The summed E-state index contributed by atoms with van der Waals surface area (Å²) in [7, 11) is 0. The summed E-state index contributed by atoms with van der Waals surface area (Å²) >= 11 is 0. The second kappa shape index (κ2) is 5.39. The van der Waals surface area contributed by atoms with Crippen LogP contribution in [-0.4, -0.2) is 20.6 Å². The summed E-state index contributed by atoms with van der Waals surface area (Å²) in [5, 5.41) is 13.9. The van der Waals surface area contributed by atoms with Gasteiger partial charge in [0.15, 0.2) is 5.82 Å². The van der Waals surface area contributed by atoms with Gasteiger partial charge in [-0.2, -0.15) is 5.21 Å². The Morgan fingerprint density at radius 1 is 1.06 bits per heavy atom. The molecule has 0 atom stereocenters. The van der Waals surface area contributed by atoms with E-state index < -0.39 is 0 Å². The Morgan fingerprint density at radius 3 is 2.44 bits per heavy atom. The number of nitrogens with one attached hydrogen (secondary N) is 1. The van der Waals surface area contributed by atoms with Gasteiger partial charge in [-0.05, 0) is 30.4 Å². The first-order chi connectivity index (χ1) is 7.88. The minimum Gasteiger partial charge on any atom is -0.177 e. The lowest BCUT2D eigenvalue weighted by Gasteiger charge is -2.01. The molecule has 2 aromatic rings. The third-order valence-electron chi connectivity index (χ3n) is 2.69. The van der Waals surface area contributed by atoms with Crippen LogP contribution in [0.25, 0.3) is 0 Å². The molecule has 4 heteroatoms. The second-order valence-electron chi connectivity index (χ2n) is 3.85. The van der Waals surface area contributed by atoms with Crippen LogP contribution in [0.1, 0.15) is 30.3 Å². The van der Waals surface area contributed by atoms with E-state index in [9.17, 15) is 0 Å². The normalized spacial score (nSPS) is 10.6. The van der Waals surface area contributed by atoms with Crippen molar-refractivity contribution in [2.75, 3.05) is 0 Å². The molecule has 1 heterocycles. The Bertz CT molecular complexity index is 405. The van der Waals surface area contributed by atoms with Crippen molar-refractivity contribution >= 4 is 0 Å². The topological polar surface area (TPSA) is 54.5 Å². The summed E-state index contributed by atoms with van der Waals surface area (Å²) < 4.78 is 0. The summed E-state index contributed by atoms with van der Waals surface area (Å²) in [6.07, 6.45) is 4.11. The number of aromatic nitrogens is 4. The highest BCUT2D eigenvalue weighted by Gasteiger charge is 1.99. The van der Waals surface area contributed by atoms with Gasteiger partial charge in [-0.3, -0.25) is 0 Å². The quantitative estimate of drug-likeness (QED) is 0.831. The molecule has 84 valence electrons. The second-order valence-corrected chi connectivity index (χ2v) is 3.85. The molecule has 0 aliphatic rings. The smallest absolute Gasteiger partial charge is 0.174 e. The van der Waals surface area contributed by atoms with Crippen LogP contribution in [-0.2, 0) is 19.3 Å². The Balaban J connectivity index is 1.81. The van der Waals surface area contributed by atoms with Crippen LogP contribution in [0, 0.1) is 0 Å². The van der Waals surface area contributed by atoms with Crippen LogP contribution in [0.15, 0.2) is 24.3 Å². The molecule has 0 aliphatic carbocycles. The molecule has 0 unspecified atom stereocenters. The van der Waals surface area contributed by atoms with Gasteiger partial charge < -0.3 is 0 Å². The van der Waals surface area contributed by atoms with Crippen molar-refractivity contribution in [3.63, 3.8) is 0 Å². The highest BCUT2D eigenvalue weighted by molar-refractivity contribution is 5.22. The number of benzene rings is 1. The van der Waals surface area contributed by atoms with Crippen molar-refractivity contribution in [3.8, 4) is 0 Å². The fraction of sp³-hybridized carbons (Fsp3) is 0.417. The Labute approximate surface area is 95.1 Å². The number of rotatable bonds is 5. The maximum atomic E-state index is 3.93. The first kappa shape index (κ1) is 10.8. The van der Waals surface area contributed by atoms with E-state index in [0.717, 1.165) is 31.5 Å². The Morgan fingerprint density at radius 2 is 1.81 bits per heavy atom. The third-order valence-corrected chi connectivity index (χ3v) is 2.69. The SMILES string of the molecule is CCc1ccc(CCCc2nn[nH]n2)cc1. The lowest BCUT2D eigenvalue weighted by molar-refractivity contribution is 0.773. The summed E-state index contributed by atoms with van der Waals surface area (Å²) in [6, 6.07) is 8.80. The van der Waals surface area contributed by atoms with E-state index in [-0.39, 0.29) is 0 Å². The fourth-order valence-electron chi connectivity index (χ4n) is 1.68. The molecule has 0 radical (unpaired) electrons. The number of hydrogen-bond acceptors (Lipinski definition) is 3. The van der Waals surface area contributed by atoms with Crippen LogP contribution in [0.2, 0.25) is 0 Å². The van der Waals surface area contributed by atoms with Gasteiger partial charge in [-0.25, -0.2) is 0 Å². The molecule has 1 aromatic carbocycles. The summed E-state index contributed by atoms with van der Waals surface area (Å²) in [5.74, 6) is 0.796. The molecule has 0 spiro atoms. The average Bonchev–Trinajstić information content (AvgIpc) is 2.83. The van der Waals surface area contributed by atoms with E-state index in [2.05, 4.69) is 51.8 Å². The molecule has 4 nitrogen and oxygen atoms in total. The predicted octanol–water partition coefficient (Wildman–Crippen LogP) is 1.94. The molecule has 1 aromatic heterocycles. The van der Waals surface area contributed by atoms with Crippen molar-refractivity contribution < 1.29 is 0 Å². The minimum absolute atomic E-state index is 0.796. The molecule has 0 bridgehead atoms. The van der Waals surface area contributed by atoms with Gasteiger partial charge in [0.05, 0.1) is 0 Å². The molecule has 2 rings (SSSR count). The van der Waals surface area contributed by atoms with E-state index in [4.69, 9.17) is 0 Å². The molecule has 0 amide bonds. The predicted molar refractivity (Wildman–Crippen MR) is 62.0 cm³/mol. The van der Waals surface area contributed by atoms with Gasteiger partial charge >= 0.3 is 0 Å². The number of aromatic amines is 1. The summed E-state index contributed by atoms with van der Waals surface area (Å²) in [4.78, 5) is 0. The lowest BCUT2D eigenvalue weighted by Crippen LogP contribution is -1.92. The molecular formula is C12H16N4. The van der Waals surface area contributed by atoms with E-state index in [1.807, 2.05) is 0 Å². The zero-order valence-electron chi connectivity index (χ0n) is 9.48. The number of tetrazole rings is 1. The molecule has 0 fully saturated rings. The number of hydrogen-bond donors (Lipinski definition) is 1. The lowest BCUT2D eigenvalue weighted by atomic mass is 10.1. The first-order valence-electron chi connectivity index (χ1n) is 5.68. The summed E-state index contributed by atoms with van der Waals surface area (Å²) in [5.41, 5.74) is 2.77. The van der Waals surface area contributed by atoms with Crippen molar-refractivity contribution in [2.45, 2.75) is 32.6 Å². The molecule has 0 aliphatic heterocycles. The van der Waals surface area contributed by atoms with Gasteiger partial charge in [0.2, 0.25) is 0 Å². The van der Waals surface area contributed by atoms with E-state index in [1.54, 1.807) is 0 Å². The first-order valence-corrected chi connectivity index (χ1v) is 5.68. The van der Waals surface area contributed by atoms with Crippen LogP contribution >= 0.6 is 0 Å². The van der Waals surface area contributed by atoms with Crippen LogP contribution in [0.5, 0.6) is 0 Å². The third kappa shape index (κ3) is 2.89. The van der Waals surface area contributed by atoms with Gasteiger partial charge in [0.1, 0.15) is 0 Å². The maximum Gasteiger partial charge on any atom is 0.174 e. The largest absolute Gasteiger partial charge is 0.177 e. The number of H-pyrrole nitrogens is 1. The highest BCUT2D eigenvalue weighted by atomic mass is 15.5. The zero-order chi connectivity index (χ0) is 11.2. The van der Waals surface area contributed by atoms with Crippen LogP contribution in [0.3, 0.4) is 0 Å². The van der Waals surface area contributed by atoms with Crippen molar-refractivity contribution in [1.82, 2.24) is 20.6 Å². The maximum absolute atomic E-state index is 3.93. The Kier molecular flexibility index (Phi) is 3.64. The number of nitrogens with zero attached hydrogens (tertiary/aromatic N) is 3. The van der Waals surface area contributed by atoms with Gasteiger partial charge in [0, 0.05) is 6.42 Å². The molecule has 0 saturated heterocycles. The van der Waals surface area contributed by atoms with E-state index >= 15 is 0 Å². The van der Waals surface area contributed by atoms with Crippen molar-refractivity contribution in [3.05, 3.63) is 41.2 Å². The van der Waals surface area contributed by atoms with Crippen LogP contribution < -0.4 is 0 Å².